The van der Waals surface area contributed by atoms with E-state index in [-0.39, 0.29) is 28.3 Å². The molecule has 0 aliphatic heterocycles. The van der Waals surface area contributed by atoms with Gasteiger partial charge >= 0.3 is 0 Å². The third kappa shape index (κ3) is 4.79. The third-order valence-electron chi connectivity index (χ3n) is 4.81. The minimum absolute atomic E-state index is 0.0484. The smallest absolute Gasteiger partial charge is 0.271 e. The molecule has 0 spiro atoms. The van der Waals surface area contributed by atoms with Crippen LogP contribution >= 0.6 is 11.6 Å². The topological polar surface area (TPSA) is 93.5 Å². The average Bonchev–Trinajstić information content (AvgIpc) is 3.52. The second kappa shape index (κ2) is 8.58. The Hall–Kier alpha value is -2.64. The van der Waals surface area contributed by atoms with Gasteiger partial charge in [-0.1, -0.05) is 23.7 Å². The van der Waals surface area contributed by atoms with Gasteiger partial charge in [0.2, 0.25) is 5.91 Å². The molecule has 0 heterocycles. The summed E-state index contributed by atoms with van der Waals surface area (Å²) in [5.74, 6) is 0.955. The van der Waals surface area contributed by atoms with Crippen molar-refractivity contribution in [1.82, 2.24) is 5.32 Å². The molecule has 0 radical (unpaired) electrons. The Morgan fingerprint density at radius 2 is 1.93 bits per heavy atom. The fourth-order valence-electron chi connectivity index (χ4n) is 3.05. The normalized spacial score (nSPS) is 15.5. The first-order chi connectivity index (χ1) is 13.4. The lowest BCUT2D eigenvalue weighted by Gasteiger charge is -2.23. The van der Waals surface area contributed by atoms with Gasteiger partial charge in [-0.25, -0.2) is 0 Å². The van der Waals surface area contributed by atoms with Crippen molar-refractivity contribution in [3.8, 4) is 5.75 Å². The number of carbonyl (C=O) groups excluding carboxylic acids is 1. The van der Waals surface area contributed by atoms with Crippen molar-refractivity contribution >= 4 is 28.9 Å². The SMILES string of the molecule is COc1ccc(C(NC(C)C(=O)Nc2cc([N+](=O)[O-])ccc2Cl)C2CC2)cc1. The number of benzene rings is 2. The maximum atomic E-state index is 12.6. The highest BCUT2D eigenvalue weighted by Gasteiger charge is 2.34. The molecule has 28 heavy (non-hydrogen) atoms. The van der Waals surface area contributed by atoms with E-state index in [1.165, 1.54) is 18.2 Å². The first kappa shape index (κ1) is 20.1. The van der Waals surface area contributed by atoms with Gasteiger partial charge in [0, 0.05) is 18.2 Å². The van der Waals surface area contributed by atoms with Crippen LogP contribution in [0.3, 0.4) is 0 Å². The zero-order valence-corrected chi connectivity index (χ0v) is 16.4. The van der Waals surface area contributed by atoms with Crippen molar-refractivity contribution in [2.24, 2.45) is 5.92 Å². The molecular weight excluding hydrogens is 382 g/mol. The van der Waals surface area contributed by atoms with Crippen LogP contribution in [0.4, 0.5) is 11.4 Å². The fraction of sp³-hybridized carbons (Fsp3) is 0.350. The Kier molecular flexibility index (Phi) is 6.16. The molecular formula is C20H22ClN3O4. The van der Waals surface area contributed by atoms with E-state index in [2.05, 4.69) is 10.6 Å². The molecule has 8 heteroatoms. The minimum Gasteiger partial charge on any atom is -0.497 e. The highest BCUT2D eigenvalue weighted by molar-refractivity contribution is 6.33. The summed E-state index contributed by atoms with van der Waals surface area (Å²) >= 11 is 6.07. The average molecular weight is 404 g/mol. The Labute approximate surface area is 168 Å². The van der Waals surface area contributed by atoms with Gasteiger partial charge in [-0.15, -0.1) is 0 Å². The van der Waals surface area contributed by atoms with E-state index < -0.39 is 11.0 Å². The van der Waals surface area contributed by atoms with Gasteiger partial charge in [0.1, 0.15) is 5.75 Å². The number of non-ortho nitro benzene ring substituents is 1. The summed E-state index contributed by atoms with van der Waals surface area (Å²) in [6.45, 7) is 1.76. The van der Waals surface area contributed by atoms with E-state index in [0.29, 0.717) is 5.92 Å². The molecule has 1 aliphatic carbocycles. The zero-order chi connectivity index (χ0) is 20.3. The lowest BCUT2D eigenvalue weighted by Crippen LogP contribution is -2.41. The number of carbonyl (C=O) groups is 1. The first-order valence-corrected chi connectivity index (χ1v) is 9.41. The number of nitrogens with one attached hydrogen (secondary N) is 2. The van der Waals surface area contributed by atoms with E-state index in [1.807, 2.05) is 24.3 Å². The lowest BCUT2D eigenvalue weighted by atomic mass is 10.0. The van der Waals surface area contributed by atoms with Crippen LogP contribution in [0.15, 0.2) is 42.5 Å². The summed E-state index contributed by atoms with van der Waals surface area (Å²) in [6.07, 6.45) is 2.21. The summed E-state index contributed by atoms with van der Waals surface area (Å²) in [5, 5.41) is 17.3. The molecule has 2 unspecified atom stereocenters. The van der Waals surface area contributed by atoms with Gasteiger partial charge < -0.3 is 10.1 Å². The molecule has 7 nitrogen and oxygen atoms in total. The molecule has 1 fully saturated rings. The summed E-state index contributed by atoms with van der Waals surface area (Å²) < 4.78 is 5.20. The lowest BCUT2D eigenvalue weighted by molar-refractivity contribution is -0.384. The quantitative estimate of drug-likeness (QED) is 0.505. The van der Waals surface area contributed by atoms with E-state index in [1.54, 1.807) is 14.0 Å². The Morgan fingerprint density at radius 3 is 2.50 bits per heavy atom. The minimum atomic E-state index is -0.527. The third-order valence-corrected chi connectivity index (χ3v) is 5.14. The van der Waals surface area contributed by atoms with Crippen LogP contribution in [-0.2, 0) is 4.79 Å². The molecule has 148 valence electrons. The second-order valence-electron chi connectivity index (χ2n) is 6.89. The molecule has 2 N–H and O–H groups in total. The number of ether oxygens (including phenoxy) is 1. The van der Waals surface area contributed by atoms with Crippen molar-refractivity contribution in [3.63, 3.8) is 0 Å². The monoisotopic (exact) mass is 403 g/mol. The molecule has 1 amide bonds. The van der Waals surface area contributed by atoms with Crippen molar-refractivity contribution in [1.29, 1.82) is 0 Å². The van der Waals surface area contributed by atoms with Crippen LogP contribution in [0.5, 0.6) is 5.75 Å². The Morgan fingerprint density at radius 1 is 1.25 bits per heavy atom. The molecule has 1 aliphatic rings. The molecule has 1 saturated carbocycles. The van der Waals surface area contributed by atoms with Crippen molar-refractivity contribution in [3.05, 3.63) is 63.2 Å². The largest absolute Gasteiger partial charge is 0.497 e. The number of rotatable bonds is 8. The van der Waals surface area contributed by atoms with Crippen molar-refractivity contribution in [2.75, 3.05) is 12.4 Å². The second-order valence-corrected chi connectivity index (χ2v) is 7.29. The van der Waals surface area contributed by atoms with Gasteiger partial charge in [0.15, 0.2) is 0 Å². The van der Waals surface area contributed by atoms with Crippen molar-refractivity contribution in [2.45, 2.75) is 31.8 Å². The molecule has 2 atom stereocenters. The molecule has 3 rings (SSSR count). The maximum Gasteiger partial charge on any atom is 0.271 e. The number of anilines is 1. The summed E-state index contributed by atoms with van der Waals surface area (Å²) in [4.78, 5) is 23.0. The van der Waals surface area contributed by atoms with E-state index in [4.69, 9.17) is 16.3 Å². The van der Waals surface area contributed by atoms with Crippen LogP contribution in [-0.4, -0.2) is 24.0 Å². The van der Waals surface area contributed by atoms with Crippen LogP contribution in [0.25, 0.3) is 0 Å². The number of nitro groups is 1. The summed E-state index contributed by atoms with van der Waals surface area (Å²) in [7, 11) is 1.62. The van der Waals surface area contributed by atoms with Gasteiger partial charge in [-0.3, -0.25) is 20.2 Å². The van der Waals surface area contributed by atoms with E-state index in [9.17, 15) is 14.9 Å². The van der Waals surface area contributed by atoms with Crippen LogP contribution < -0.4 is 15.4 Å². The summed E-state index contributed by atoms with van der Waals surface area (Å²) in [5.41, 5.74) is 1.19. The van der Waals surface area contributed by atoms with Gasteiger partial charge in [-0.05, 0) is 49.4 Å². The van der Waals surface area contributed by atoms with E-state index >= 15 is 0 Å². The number of nitrogens with zero attached hydrogens (tertiary/aromatic N) is 1. The molecule has 0 saturated heterocycles. The van der Waals surface area contributed by atoms with Gasteiger partial charge in [-0.2, -0.15) is 0 Å². The number of hydrogen-bond donors (Lipinski definition) is 2. The fourth-order valence-corrected chi connectivity index (χ4v) is 3.22. The number of halogens is 1. The van der Waals surface area contributed by atoms with Crippen LogP contribution in [0, 0.1) is 16.0 Å². The summed E-state index contributed by atoms with van der Waals surface area (Å²) in [6, 6.07) is 11.3. The number of nitro benzene ring substituents is 1. The van der Waals surface area contributed by atoms with Crippen LogP contribution in [0.1, 0.15) is 31.4 Å². The van der Waals surface area contributed by atoms with Crippen LogP contribution in [0.2, 0.25) is 5.02 Å². The predicted molar refractivity (Wildman–Crippen MR) is 108 cm³/mol. The van der Waals surface area contributed by atoms with Gasteiger partial charge in [0.25, 0.3) is 5.69 Å². The Balaban J connectivity index is 1.70. The number of methoxy groups -OCH3 is 1. The number of hydrogen-bond acceptors (Lipinski definition) is 5. The molecule has 2 aromatic carbocycles. The highest BCUT2D eigenvalue weighted by atomic mass is 35.5. The highest BCUT2D eigenvalue weighted by Crippen LogP contribution is 2.41. The number of amides is 1. The maximum absolute atomic E-state index is 12.6. The standard InChI is InChI=1S/C20H22ClN3O4/c1-12(20(25)23-18-11-15(24(26)27)7-10-17(18)21)22-19(13-3-4-13)14-5-8-16(28-2)9-6-14/h5-13,19,22H,3-4H2,1-2H3,(H,23,25). The zero-order valence-electron chi connectivity index (χ0n) is 15.6. The molecule has 0 bridgehead atoms. The molecule has 0 aromatic heterocycles. The van der Waals surface area contributed by atoms with E-state index in [0.717, 1.165) is 24.2 Å². The Bertz CT molecular complexity index is 868. The van der Waals surface area contributed by atoms with Gasteiger partial charge in [0.05, 0.1) is 28.8 Å². The first-order valence-electron chi connectivity index (χ1n) is 9.04. The molecule has 2 aromatic rings. The van der Waals surface area contributed by atoms with Crippen molar-refractivity contribution < 1.29 is 14.5 Å². The predicted octanol–water partition coefficient (Wildman–Crippen LogP) is 4.32.